The Morgan fingerprint density at radius 2 is 1.95 bits per heavy atom. The first-order chi connectivity index (χ1) is 9.85. The minimum Gasteiger partial charge on any atom is -0.465 e. The molecule has 21 heavy (non-hydrogen) atoms. The molecule has 0 saturated carbocycles. The van der Waals surface area contributed by atoms with E-state index in [9.17, 15) is 23.2 Å². The summed E-state index contributed by atoms with van der Waals surface area (Å²) in [6.45, 7) is -0.0940. The molecule has 1 aliphatic rings. The number of benzene rings is 1. The lowest BCUT2D eigenvalue weighted by Crippen LogP contribution is -2.30. The molecule has 1 saturated heterocycles. The Labute approximate surface area is 118 Å². The summed E-state index contributed by atoms with van der Waals surface area (Å²) in [5.74, 6) is -5.29. The smallest absolute Gasteiger partial charge is 0.340 e. The lowest BCUT2D eigenvalue weighted by molar-refractivity contribution is -0.123. The Kier molecular flexibility index (Phi) is 3.88. The largest absolute Gasteiger partial charge is 0.465 e. The zero-order chi connectivity index (χ0) is 15.7. The third-order valence-electron chi connectivity index (χ3n) is 3.26. The van der Waals surface area contributed by atoms with Gasteiger partial charge in [-0.25, -0.2) is 13.6 Å². The highest BCUT2D eigenvalue weighted by molar-refractivity contribution is 6.05. The summed E-state index contributed by atoms with van der Waals surface area (Å²) >= 11 is 0. The summed E-state index contributed by atoms with van der Waals surface area (Å²) in [6.07, 6.45) is -0.144. The maximum absolute atomic E-state index is 13.4. The van der Waals surface area contributed by atoms with Crippen LogP contribution in [-0.2, 0) is 14.3 Å². The van der Waals surface area contributed by atoms with Crippen LogP contribution in [0.4, 0.5) is 14.5 Å². The number of anilines is 1. The number of halogens is 2. The van der Waals surface area contributed by atoms with Crippen molar-refractivity contribution >= 4 is 23.5 Å². The number of hydrogen-bond acceptors (Lipinski definition) is 4. The molecule has 1 atom stereocenters. The van der Waals surface area contributed by atoms with Crippen LogP contribution >= 0.6 is 0 Å². The van der Waals surface area contributed by atoms with Crippen LogP contribution in [0, 0.1) is 17.6 Å². The summed E-state index contributed by atoms with van der Waals surface area (Å²) in [6, 6.07) is 1.38. The molecule has 0 aliphatic carbocycles. The highest BCUT2D eigenvalue weighted by atomic mass is 19.2. The molecular weight excluding hydrogens is 286 g/mol. The number of ether oxygens (including phenoxy) is 1. The van der Waals surface area contributed by atoms with Crippen molar-refractivity contribution < 1.29 is 27.9 Å². The molecule has 0 aromatic heterocycles. The molecule has 2 amide bonds. The van der Waals surface area contributed by atoms with Crippen molar-refractivity contribution in [3.8, 4) is 0 Å². The first kappa shape index (κ1) is 14.9. The highest BCUT2D eigenvalue weighted by Gasteiger charge is 2.36. The van der Waals surface area contributed by atoms with E-state index >= 15 is 0 Å². The van der Waals surface area contributed by atoms with Gasteiger partial charge in [0.2, 0.25) is 11.8 Å². The Morgan fingerprint density at radius 1 is 1.33 bits per heavy atom. The van der Waals surface area contributed by atoms with E-state index in [1.807, 2.05) is 0 Å². The molecule has 8 heteroatoms. The SMILES string of the molecule is COC(=O)c1cc(F)c(F)cc1N1CC(C(N)=O)CC1=O. The van der Waals surface area contributed by atoms with Gasteiger partial charge in [0, 0.05) is 19.0 Å². The van der Waals surface area contributed by atoms with Gasteiger partial charge in [0.05, 0.1) is 24.3 Å². The fourth-order valence-electron chi connectivity index (χ4n) is 2.16. The van der Waals surface area contributed by atoms with Crippen LogP contribution in [0.2, 0.25) is 0 Å². The molecule has 2 rings (SSSR count). The van der Waals surface area contributed by atoms with Gasteiger partial charge in [-0.05, 0) is 6.07 Å². The van der Waals surface area contributed by atoms with Crippen LogP contribution in [0.1, 0.15) is 16.8 Å². The van der Waals surface area contributed by atoms with Crippen LogP contribution in [0.15, 0.2) is 12.1 Å². The number of carbonyl (C=O) groups excluding carboxylic acids is 3. The molecule has 1 heterocycles. The van der Waals surface area contributed by atoms with E-state index in [1.165, 1.54) is 0 Å². The number of esters is 1. The molecule has 1 aromatic carbocycles. The van der Waals surface area contributed by atoms with Crippen LogP contribution < -0.4 is 10.6 Å². The second-order valence-electron chi connectivity index (χ2n) is 4.58. The fourth-order valence-corrected chi connectivity index (χ4v) is 2.16. The molecule has 0 spiro atoms. The second kappa shape index (κ2) is 5.47. The van der Waals surface area contributed by atoms with Gasteiger partial charge >= 0.3 is 5.97 Å². The van der Waals surface area contributed by atoms with Crippen molar-refractivity contribution in [3.63, 3.8) is 0 Å². The average Bonchev–Trinajstić information content (AvgIpc) is 2.82. The topological polar surface area (TPSA) is 89.7 Å². The first-order valence-electron chi connectivity index (χ1n) is 6.02. The molecule has 112 valence electrons. The molecule has 1 aliphatic heterocycles. The van der Waals surface area contributed by atoms with Crippen molar-refractivity contribution in [2.75, 3.05) is 18.6 Å². The molecule has 1 unspecified atom stereocenters. The van der Waals surface area contributed by atoms with Crippen molar-refractivity contribution in [1.29, 1.82) is 0 Å². The van der Waals surface area contributed by atoms with E-state index in [1.54, 1.807) is 0 Å². The lowest BCUT2D eigenvalue weighted by Gasteiger charge is -2.19. The van der Waals surface area contributed by atoms with Gasteiger partial charge in [-0.1, -0.05) is 0 Å². The molecular formula is C13H12F2N2O4. The summed E-state index contributed by atoms with van der Waals surface area (Å²) in [4.78, 5) is 35.7. The van der Waals surface area contributed by atoms with Gasteiger partial charge in [0.1, 0.15) is 0 Å². The number of carbonyl (C=O) groups is 3. The Morgan fingerprint density at radius 3 is 2.48 bits per heavy atom. The van der Waals surface area contributed by atoms with Gasteiger partial charge in [-0.2, -0.15) is 0 Å². The van der Waals surface area contributed by atoms with E-state index in [-0.39, 0.29) is 24.2 Å². The summed E-state index contributed by atoms with van der Waals surface area (Å²) in [5, 5.41) is 0. The number of primary amides is 1. The molecule has 0 radical (unpaired) electrons. The normalized spacial score (nSPS) is 18.0. The Hall–Kier alpha value is -2.51. The quantitative estimate of drug-likeness (QED) is 0.827. The number of nitrogens with zero attached hydrogens (tertiary/aromatic N) is 1. The third kappa shape index (κ3) is 2.69. The average molecular weight is 298 g/mol. The van der Waals surface area contributed by atoms with Crippen molar-refractivity contribution in [1.82, 2.24) is 0 Å². The summed E-state index contributed by atoms with van der Waals surface area (Å²) in [5.41, 5.74) is 4.69. The highest BCUT2D eigenvalue weighted by Crippen LogP contribution is 2.30. The third-order valence-corrected chi connectivity index (χ3v) is 3.26. The molecule has 1 fully saturated rings. The van der Waals surface area contributed by atoms with E-state index in [4.69, 9.17) is 5.73 Å². The molecule has 2 N–H and O–H groups in total. The molecule has 1 aromatic rings. The minimum absolute atomic E-state index is 0.0940. The van der Waals surface area contributed by atoms with Gasteiger partial charge in [0.25, 0.3) is 0 Å². The van der Waals surface area contributed by atoms with Gasteiger partial charge in [-0.15, -0.1) is 0 Å². The van der Waals surface area contributed by atoms with E-state index in [0.29, 0.717) is 6.07 Å². The van der Waals surface area contributed by atoms with E-state index < -0.39 is 35.3 Å². The predicted octanol–water partition coefficient (Wildman–Crippen LogP) is 0.590. The van der Waals surface area contributed by atoms with Crippen molar-refractivity contribution in [2.24, 2.45) is 11.7 Å². The number of rotatable bonds is 3. The number of hydrogen-bond donors (Lipinski definition) is 1. The van der Waals surface area contributed by atoms with Crippen molar-refractivity contribution in [3.05, 3.63) is 29.3 Å². The zero-order valence-electron chi connectivity index (χ0n) is 11.1. The van der Waals surface area contributed by atoms with Crippen LogP contribution in [0.3, 0.4) is 0 Å². The minimum atomic E-state index is -1.24. The van der Waals surface area contributed by atoms with E-state index in [2.05, 4.69) is 4.74 Å². The Balaban J connectivity index is 2.48. The Bertz CT molecular complexity index is 633. The first-order valence-corrected chi connectivity index (χ1v) is 6.02. The number of methoxy groups -OCH3 is 1. The molecule has 0 bridgehead atoms. The van der Waals surface area contributed by atoms with Gasteiger partial charge in [-0.3, -0.25) is 9.59 Å². The monoisotopic (exact) mass is 298 g/mol. The molecule has 6 nitrogen and oxygen atoms in total. The van der Waals surface area contributed by atoms with Crippen LogP contribution in [0.5, 0.6) is 0 Å². The van der Waals surface area contributed by atoms with Gasteiger partial charge < -0.3 is 15.4 Å². The lowest BCUT2D eigenvalue weighted by atomic mass is 10.1. The van der Waals surface area contributed by atoms with E-state index in [0.717, 1.165) is 18.1 Å². The fraction of sp³-hybridized carbons (Fsp3) is 0.308. The second-order valence-corrected chi connectivity index (χ2v) is 4.58. The van der Waals surface area contributed by atoms with Crippen LogP contribution in [-0.4, -0.2) is 31.4 Å². The van der Waals surface area contributed by atoms with Gasteiger partial charge in [0.15, 0.2) is 11.6 Å². The van der Waals surface area contributed by atoms with Crippen molar-refractivity contribution in [2.45, 2.75) is 6.42 Å². The van der Waals surface area contributed by atoms with Crippen LogP contribution in [0.25, 0.3) is 0 Å². The standard InChI is InChI=1S/C13H12F2N2O4/c1-21-13(20)7-3-8(14)9(15)4-10(7)17-5-6(12(16)19)2-11(17)18/h3-4,6H,2,5H2,1H3,(H2,16,19). The number of nitrogens with two attached hydrogens (primary N) is 1. The maximum Gasteiger partial charge on any atom is 0.340 e. The number of amides is 2. The maximum atomic E-state index is 13.4. The summed E-state index contributed by atoms with van der Waals surface area (Å²) < 4.78 is 31.2. The zero-order valence-corrected chi connectivity index (χ0v) is 11.1. The predicted molar refractivity (Wildman–Crippen MR) is 67.4 cm³/mol. The summed E-state index contributed by atoms with van der Waals surface area (Å²) in [7, 11) is 1.07.